The first-order valence-corrected chi connectivity index (χ1v) is 9.16. The van der Waals surface area contributed by atoms with Crippen molar-refractivity contribution < 1.29 is 4.79 Å². The monoisotopic (exact) mass is 336 g/mol. The Labute approximate surface area is 138 Å². The number of amides is 1. The molecule has 1 atom stereocenters. The molecule has 1 unspecified atom stereocenters. The van der Waals surface area contributed by atoms with Crippen LogP contribution in [0, 0.1) is 0 Å². The number of thiophene rings is 1. The van der Waals surface area contributed by atoms with E-state index in [2.05, 4.69) is 32.3 Å². The number of aromatic nitrogens is 3. The zero-order valence-corrected chi connectivity index (χ0v) is 14.7. The van der Waals surface area contributed by atoms with Gasteiger partial charge in [-0.2, -0.15) is 0 Å². The van der Waals surface area contributed by atoms with Crippen molar-refractivity contribution in [3.8, 4) is 0 Å². The fourth-order valence-electron chi connectivity index (χ4n) is 2.35. The molecule has 5 nitrogen and oxygen atoms in total. The Morgan fingerprint density at radius 3 is 2.86 bits per heavy atom. The summed E-state index contributed by atoms with van der Waals surface area (Å²) >= 11 is 3.25. The minimum absolute atomic E-state index is 0.107. The van der Waals surface area contributed by atoms with Gasteiger partial charge in [0, 0.05) is 31.4 Å². The lowest BCUT2D eigenvalue weighted by atomic mass is 10.3. The molecular weight excluding hydrogens is 316 g/mol. The van der Waals surface area contributed by atoms with Crippen molar-refractivity contribution in [2.45, 2.75) is 42.6 Å². The first-order chi connectivity index (χ1) is 10.6. The third-order valence-corrected chi connectivity index (χ3v) is 5.55. The number of carbonyl (C=O) groups is 1. The van der Waals surface area contributed by atoms with Gasteiger partial charge in [-0.1, -0.05) is 17.8 Å². The second-order valence-electron chi connectivity index (χ2n) is 5.75. The average Bonchev–Trinajstić information content (AvgIpc) is 3.04. The molecule has 1 aliphatic carbocycles. The van der Waals surface area contributed by atoms with Gasteiger partial charge in [0.25, 0.3) is 0 Å². The number of hydrogen-bond donors (Lipinski definition) is 0. The number of carbonyl (C=O) groups excluding carboxylic acids is 1. The van der Waals surface area contributed by atoms with Gasteiger partial charge in [0.05, 0.1) is 5.25 Å². The minimum Gasteiger partial charge on any atom is -0.348 e. The molecule has 1 amide bonds. The molecule has 1 fully saturated rings. The standard InChI is InChI=1S/C15H20N4OS2/c1-10(14(20)18(2)3)22-15-17-16-13(19(15)11-6-7-11)9-12-5-4-8-21-12/h4-5,8,10-11H,6-7,9H2,1-3H3. The molecule has 7 heteroatoms. The summed E-state index contributed by atoms with van der Waals surface area (Å²) in [4.78, 5) is 15.0. The maximum absolute atomic E-state index is 12.1. The van der Waals surface area contributed by atoms with E-state index in [0.29, 0.717) is 6.04 Å². The van der Waals surface area contributed by atoms with Crippen LogP contribution in [0.25, 0.3) is 0 Å². The molecule has 1 saturated carbocycles. The van der Waals surface area contributed by atoms with Crippen molar-refractivity contribution in [1.82, 2.24) is 19.7 Å². The quantitative estimate of drug-likeness (QED) is 0.761. The van der Waals surface area contributed by atoms with Gasteiger partial charge in [-0.05, 0) is 31.2 Å². The molecule has 0 spiro atoms. The van der Waals surface area contributed by atoms with E-state index < -0.39 is 0 Å². The van der Waals surface area contributed by atoms with Crippen LogP contribution in [0.1, 0.15) is 36.5 Å². The van der Waals surface area contributed by atoms with E-state index in [4.69, 9.17) is 0 Å². The van der Waals surface area contributed by atoms with Crippen LogP contribution in [0.3, 0.4) is 0 Å². The Bertz CT molecular complexity index is 647. The number of hydrogen-bond acceptors (Lipinski definition) is 5. The summed E-state index contributed by atoms with van der Waals surface area (Å²) in [5, 5.41) is 11.5. The highest BCUT2D eigenvalue weighted by Crippen LogP contribution is 2.40. The van der Waals surface area contributed by atoms with Gasteiger partial charge in [-0.25, -0.2) is 0 Å². The van der Waals surface area contributed by atoms with Crippen molar-refractivity contribution in [3.05, 3.63) is 28.2 Å². The van der Waals surface area contributed by atoms with Gasteiger partial charge >= 0.3 is 0 Å². The third-order valence-electron chi connectivity index (χ3n) is 3.63. The molecule has 0 radical (unpaired) electrons. The Balaban J connectivity index is 1.80. The molecule has 0 aliphatic heterocycles. The molecule has 0 aromatic carbocycles. The molecular formula is C15H20N4OS2. The maximum atomic E-state index is 12.1. The summed E-state index contributed by atoms with van der Waals surface area (Å²) in [6, 6.07) is 4.70. The van der Waals surface area contributed by atoms with Crippen molar-refractivity contribution >= 4 is 29.0 Å². The van der Waals surface area contributed by atoms with Crippen molar-refractivity contribution in [2.24, 2.45) is 0 Å². The fourth-order valence-corrected chi connectivity index (χ4v) is 4.13. The highest BCUT2D eigenvalue weighted by Gasteiger charge is 2.31. The lowest BCUT2D eigenvalue weighted by Crippen LogP contribution is -2.29. The highest BCUT2D eigenvalue weighted by atomic mass is 32.2. The summed E-state index contributed by atoms with van der Waals surface area (Å²) in [6.07, 6.45) is 3.18. The lowest BCUT2D eigenvalue weighted by Gasteiger charge is -2.16. The topological polar surface area (TPSA) is 51.0 Å². The molecule has 2 aromatic rings. The molecule has 1 aliphatic rings. The van der Waals surface area contributed by atoms with E-state index >= 15 is 0 Å². The summed E-state index contributed by atoms with van der Waals surface area (Å²) < 4.78 is 2.24. The normalized spacial score (nSPS) is 15.8. The van der Waals surface area contributed by atoms with Crippen LogP contribution in [0.15, 0.2) is 22.7 Å². The maximum Gasteiger partial charge on any atom is 0.235 e. The van der Waals surface area contributed by atoms with Gasteiger partial charge in [-0.15, -0.1) is 21.5 Å². The van der Waals surface area contributed by atoms with Crippen LogP contribution in [-0.2, 0) is 11.2 Å². The largest absolute Gasteiger partial charge is 0.348 e. The molecule has 3 rings (SSSR count). The number of nitrogens with zero attached hydrogens (tertiary/aromatic N) is 4. The smallest absolute Gasteiger partial charge is 0.235 e. The second-order valence-corrected chi connectivity index (χ2v) is 8.09. The van der Waals surface area contributed by atoms with Crippen LogP contribution in [0.4, 0.5) is 0 Å². The van der Waals surface area contributed by atoms with Crippen LogP contribution < -0.4 is 0 Å². The predicted octanol–water partition coefficient (Wildman–Crippen LogP) is 2.83. The van der Waals surface area contributed by atoms with Crippen molar-refractivity contribution in [2.75, 3.05) is 14.1 Å². The molecule has 118 valence electrons. The van der Waals surface area contributed by atoms with Crippen LogP contribution in [-0.4, -0.2) is 44.9 Å². The average molecular weight is 336 g/mol. The molecule has 22 heavy (non-hydrogen) atoms. The van der Waals surface area contributed by atoms with E-state index in [1.165, 1.54) is 29.5 Å². The van der Waals surface area contributed by atoms with Gasteiger partial charge in [0.2, 0.25) is 5.91 Å². The molecule has 0 saturated heterocycles. The second kappa shape index (κ2) is 6.42. The zero-order valence-electron chi connectivity index (χ0n) is 13.0. The van der Waals surface area contributed by atoms with E-state index in [-0.39, 0.29) is 11.2 Å². The Kier molecular flexibility index (Phi) is 4.54. The third kappa shape index (κ3) is 3.35. The lowest BCUT2D eigenvalue weighted by molar-refractivity contribution is -0.127. The summed E-state index contributed by atoms with van der Waals surface area (Å²) in [6.45, 7) is 1.93. The first kappa shape index (κ1) is 15.6. The molecule has 2 aromatic heterocycles. The van der Waals surface area contributed by atoms with E-state index in [0.717, 1.165) is 17.4 Å². The first-order valence-electron chi connectivity index (χ1n) is 7.40. The van der Waals surface area contributed by atoms with E-state index in [1.54, 1.807) is 30.3 Å². The van der Waals surface area contributed by atoms with Gasteiger partial charge in [0.15, 0.2) is 5.16 Å². The van der Waals surface area contributed by atoms with Crippen molar-refractivity contribution in [3.63, 3.8) is 0 Å². The SMILES string of the molecule is CC(Sc1nnc(Cc2cccs2)n1C1CC1)C(=O)N(C)C. The fraction of sp³-hybridized carbons (Fsp3) is 0.533. The van der Waals surface area contributed by atoms with E-state index in [9.17, 15) is 4.79 Å². The molecule has 0 N–H and O–H groups in total. The number of rotatable bonds is 6. The summed E-state index contributed by atoms with van der Waals surface area (Å²) in [7, 11) is 3.57. The Hall–Kier alpha value is -1.34. The van der Waals surface area contributed by atoms with Gasteiger partial charge < -0.3 is 9.47 Å². The van der Waals surface area contributed by atoms with E-state index in [1.807, 2.05) is 6.92 Å². The highest BCUT2D eigenvalue weighted by molar-refractivity contribution is 8.00. The van der Waals surface area contributed by atoms with Crippen molar-refractivity contribution in [1.29, 1.82) is 0 Å². The zero-order chi connectivity index (χ0) is 15.7. The van der Waals surface area contributed by atoms with Crippen LogP contribution in [0.2, 0.25) is 0 Å². The van der Waals surface area contributed by atoms with Crippen LogP contribution >= 0.6 is 23.1 Å². The summed E-state index contributed by atoms with van der Waals surface area (Å²) in [5.74, 6) is 1.12. The Morgan fingerprint density at radius 2 is 2.27 bits per heavy atom. The Morgan fingerprint density at radius 1 is 1.50 bits per heavy atom. The minimum atomic E-state index is -0.147. The predicted molar refractivity (Wildman–Crippen MR) is 89.4 cm³/mol. The molecule has 2 heterocycles. The van der Waals surface area contributed by atoms with Crippen LogP contribution in [0.5, 0.6) is 0 Å². The number of thioether (sulfide) groups is 1. The molecule has 0 bridgehead atoms. The summed E-state index contributed by atoms with van der Waals surface area (Å²) in [5.41, 5.74) is 0. The van der Waals surface area contributed by atoms with Gasteiger partial charge in [-0.3, -0.25) is 4.79 Å². The van der Waals surface area contributed by atoms with Gasteiger partial charge in [0.1, 0.15) is 5.82 Å².